The topological polar surface area (TPSA) is 103 Å². The fourth-order valence-electron chi connectivity index (χ4n) is 3.49. The Balaban J connectivity index is 1.70. The van der Waals surface area contributed by atoms with Crippen molar-refractivity contribution in [2.45, 2.75) is 49.1 Å². The van der Waals surface area contributed by atoms with Crippen LogP contribution in [0.3, 0.4) is 0 Å². The van der Waals surface area contributed by atoms with Crippen LogP contribution in [0.4, 0.5) is 10.5 Å². The molecule has 7 nitrogen and oxygen atoms in total. The number of sulfone groups is 1. The molecule has 0 radical (unpaired) electrons. The number of amides is 1. The molecule has 0 spiro atoms. The number of ether oxygens (including phenoxy) is 1. The van der Waals surface area contributed by atoms with Crippen molar-refractivity contribution in [3.05, 3.63) is 53.8 Å². The van der Waals surface area contributed by atoms with Crippen LogP contribution in [-0.2, 0) is 27.5 Å². The van der Waals surface area contributed by atoms with Crippen molar-refractivity contribution >= 4 is 32.6 Å². The summed E-state index contributed by atoms with van der Waals surface area (Å²) in [6, 6.07) is 10.9. The van der Waals surface area contributed by atoms with E-state index in [4.69, 9.17) is 14.9 Å². The van der Waals surface area contributed by atoms with Gasteiger partial charge in [0.2, 0.25) is 9.84 Å². The van der Waals surface area contributed by atoms with Gasteiger partial charge < -0.3 is 19.8 Å². The summed E-state index contributed by atoms with van der Waals surface area (Å²) >= 11 is 0. The van der Waals surface area contributed by atoms with Crippen molar-refractivity contribution in [1.29, 1.82) is 0 Å². The first-order valence-corrected chi connectivity index (χ1v) is 11.2. The van der Waals surface area contributed by atoms with Crippen molar-refractivity contribution in [2.24, 2.45) is 0 Å². The molecule has 8 heteroatoms. The lowest BCUT2D eigenvalue weighted by Gasteiger charge is -2.29. The molecule has 1 aliphatic rings. The van der Waals surface area contributed by atoms with E-state index < -0.39 is 21.5 Å². The minimum absolute atomic E-state index is 0.165. The molecule has 0 atom stereocenters. The Morgan fingerprint density at radius 1 is 1.10 bits per heavy atom. The highest BCUT2D eigenvalue weighted by atomic mass is 32.2. The van der Waals surface area contributed by atoms with E-state index in [0.29, 0.717) is 36.2 Å². The molecule has 1 aromatic heterocycles. The second-order valence-corrected chi connectivity index (χ2v) is 10.3. The van der Waals surface area contributed by atoms with Gasteiger partial charge in [-0.3, -0.25) is 0 Å². The zero-order chi connectivity index (χ0) is 21.7. The van der Waals surface area contributed by atoms with Crippen LogP contribution in [0.5, 0.6) is 0 Å². The molecule has 2 N–H and O–H groups in total. The minimum Gasteiger partial charge on any atom is -0.461 e. The summed E-state index contributed by atoms with van der Waals surface area (Å²) in [5.41, 5.74) is 7.00. The number of nitrogens with two attached hydrogens (primary N) is 1. The largest absolute Gasteiger partial charge is 0.461 e. The number of furan rings is 1. The van der Waals surface area contributed by atoms with Crippen molar-refractivity contribution < 1.29 is 22.4 Å². The zero-order valence-corrected chi connectivity index (χ0v) is 18.0. The molecule has 2 heterocycles. The fourth-order valence-corrected chi connectivity index (χ4v) is 4.78. The molecule has 0 saturated carbocycles. The van der Waals surface area contributed by atoms with Gasteiger partial charge in [-0.05, 0) is 63.2 Å². The normalized spacial score (nSPS) is 14.6. The lowest BCUT2D eigenvalue weighted by atomic mass is 10.1. The van der Waals surface area contributed by atoms with Gasteiger partial charge in [0.25, 0.3) is 0 Å². The van der Waals surface area contributed by atoms with Crippen molar-refractivity contribution in [1.82, 2.24) is 4.90 Å². The molecule has 158 valence electrons. The summed E-state index contributed by atoms with van der Waals surface area (Å²) in [6.07, 6.45) is 0.150. The molecule has 2 aromatic carbocycles. The Bertz CT molecular complexity index is 1220. The van der Waals surface area contributed by atoms with Gasteiger partial charge in [-0.1, -0.05) is 0 Å². The summed E-state index contributed by atoms with van der Waals surface area (Å²) in [7, 11) is -3.71. The highest BCUT2D eigenvalue weighted by Gasteiger charge is 2.29. The van der Waals surface area contributed by atoms with Gasteiger partial charge in [0.1, 0.15) is 16.9 Å². The van der Waals surface area contributed by atoms with Crippen LogP contribution in [0.2, 0.25) is 0 Å². The number of carbonyl (C=O) groups excluding carboxylic acids is 1. The summed E-state index contributed by atoms with van der Waals surface area (Å²) < 4.78 is 37.5. The van der Waals surface area contributed by atoms with Crippen LogP contribution in [-0.4, -0.2) is 31.6 Å². The third-order valence-electron chi connectivity index (χ3n) is 4.96. The van der Waals surface area contributed by atoms with Crippen LogP contribution in [0.1, 0.15) is 32.1 Å². The SMILES string of the molecule is CC(C)(C)OC(=O)N1CCc2oc3ccc(S(=O)(=O)c4ccc(N)cc4)cc3c2C1. The summed E-state index contributed by atoms with van der Waals surface area (Å²) in [4.78, 5) is 14.4. The van der Waals surface area contributed by atoms with Gasteiger partial charge in [-0.2, -0.15) is 0 Å². The standard InChI is InChI=1S/C22H24N2O5S/c1-22(2,3)29-21(25)24-11-10-20-18(13-24)17-12-16(8-9-19(17)28-20)30(26,27)15-6-4-14(23)5-7-15/h4-9,12H,10-11,13,23H2,1-3H3. The van der Waals surface area contributed by atoms with E-state index in [2.05, 4.69) is 0 Å². The lowest BCUT2D eigenvalue weighted by molar-refractivity contribution is 0.0220. The second-order valence-electron chi connectivity index (χ2n) is 8.39. The molecule has 4 rings (SSSR count). The molecule has 0 aliphatic carbocycles. The first kappa shape index (κ1) is 20.3. The number of carbonyl (C=O) groups is 1. The average Bonchev–Trinajstić information content (AvgIpc) is 3.04. The number of rotatable bonds is 2. The number of nitrogens with zero attached hydrogens (tertiary/aromatic N) is 1. The fraction of sp³-hybridized carbons (Fsp3) is 0.318. The first-order valence-electron chi connectivity index (χ1n) is 9.67. The summed E-state index contributed by atoms with van der Waals surface area (Å²) in [6.45, 7) is 6.26. The predicted octanol–water partition coefficient (Wildman–Crippen LogP) is 4.14. The van der Waals surface area contributed by atoms with E-state index in [1.165, 1.54) is 18.2 Å². The smallest absolute Gasteiger partial charge is 0.410 e. The van der Waals surface area contributed by atoms with Crippen LogP contribution in [0, 0.1) is 0 Å². The van der Waals surface area contributed by atoms with Crippen molar-refractivity contribution in [2.75, 3.05) is 12.3 Å². The number of anilines is 1. The minimum atomic E-state index is -3.71. The Morgan fingerprint density at radius 2 is 1.77 bits per heavy atom. The molecule has 0 bridgehead atoms. The highest BCUT2D eigenvalue weighted by Crippen LogP contribution is 2.34. The number of hydrogen-bond donors (Lipinski definition) is 1. The van der Waals surface area contributed by atoms with Crippen LogP contribution in [0.25, 0.3) is 11.0 Å². The Labute approximate surface area is 175 Å². The monoisotopic (exact) mass is 428 g/mol. The summed E-state index contributed by atoms with van der Waals surface area (Å²) in [5, 5.41) is 0.690. The van der Waals surface area contributed by atoms with E-state index in [-0.39, 0.29) is 9.79 Å². The van der Waals surface area contributed by atoms with E-state index >= 15 is 0 Å². The van der Waals surface area contributed by atoms with E-state index in [9.17, 15) is 13.2 Å². The van der Waals surface area contributed by atoms with Gasteiger partial charge in [-0.25, -0.2) is 13.2 Å². The van der Waals surface area contributed by atoms with E-state index in [0.717, 1.165) is 11.3 Å². The van der Waals surface area contributed by atoms with Gasteiger partial charge in [0.15, 0.2) is 0 Å². The number of nitrogen functional groups attached to an aromatic ring is 1. The second kappa shape index (κ2) is 7.05. The maximum absolute atomic E-state index is 13.1. The average molecular weight is 429 g/mol. The third kappa shape index (κ3) is 3.75. The van der Waals surface area contributed by atoms with Crippen molar-refractivity contribution in [3.8, 4) is 0 Å². The zero-order valence-electron chi connectivity index (χ0n) is 17.1. The molecule has 3 aromatic rings. The molecule has 0 unspecified atom stereocenters. The number of fused-ring (bicyclic) bond motifs is 3. The molecule has 30 heavy (non-hydrogen) atoms. The number of hydrogen-bond acceptors (Lipinski definition) is 6. The summed E-state index contributed by atoms with van der Waals surface area (Å²) in [5.74, 6) is 0.770. The van der Waals surface area contributed by atoms with Crippen LogP contribution in [0.15, 0.2) is 56.7 Å². The Hall–Kier alpha value is -3.00. The third-order valence-corrected chi connectivity index (χ3v) is 6.72. The van der Waals surface area contributed by atoms with E-state index in [1.807, 2.05) is 20.8 Å². The van der Waals surface area contributed by atoms with Gasteiger partial charge >= 0.3 is 6.09 Å². The van der Waals surface area contributed by atoms with Crippen LogP contribution >= 0.6 is 0 Å². The van der Waals surface area contributed by atoms with Crippen LogP contribution < -0.4 is 5.73 Å². The Morgan fingerprint density at radius 3 is 2.43 bits per heavy atom. The molecule has 1 aliphatic heterocycles. The molecular weight excluding hydrogens is 404 g/mol. The van der Waals surface area contributed by atoms with Gasteiger partial charge in [0.05, 0.1) is 16.3 Å². The van der Waals surface area contributed by atoms with Gasteiger partial charge in [-0.15, -0.1) is 0 Å². The highest BCUT2D eigenvalue weighted by molar-refractivity contribution is 7.91. The predicted molar refractivity (Wildman–Crippen MR) is 113 cm³/mol. The van der Waals surface area contributed by atoms with E-state index in [1.54, 1.807) is 29.2 Å². The molecule has 1 amide bonds. The molecular formula is C22H24N2O5S. The first-order chi connectivity index (χ1) is 14.0. The van der Waals surface area contributed by atoms with Gasteiger partial charge in [0, 0.05) is 29.6 Å². The molecule has 0 fully saturated rings. The maximum atomic E-state index is 13.1. The number of benzene rings is 2. The quantitative estimate of drug-likeness (QED) is 0.615. The Kier molecular flexibility index (Phi) is 4.77. The lowest BCUT2D eigenvalue weighted by Crippen LogP contribution is -2.39. The van der Waals surface area contributed by atoms with Crippen molar-refractivity contribution in [3.63, 3.8) is 0 Å². The molecule has 0 saturated heterocycles. The maximum Gasteiger partial charge on any atom is 0.410 e.